The summed E-state index contributed by atoms with van der Waals surface area (Å²) < 4.78 is 13.7. The maximum absolute atomic E-state index is 13.7. The summed E-state index contributed by atoms with van der Waals surface area (Å²) >= 11 is 0. The van der Waals surface area contributed by atoms with Gasteiger partial charge in [0.05, 0.1) is 0 Å². The lowest BCUT2D eigenvalue weighted by Crippen LogP contribution is -2.06. The van der Waals surface area contributed by atoms with Crippen LogP contribution in [0, 0.1) is 11.7 Å². The summed E-state index contributed by atoms with van der Waals surface area (Å²) in [5, 5.41) is 3.47. The van der Waals surface area contributed by atoms with Gasteiger partial charge in [-0.05, 0) is 41.7 Å². The highest BCUT2D eigenvalue weighted by Gasteiger charge is 2.09. The molecule has 0 heterocycles. The van der Waals surface area contributed by atoms with E-state index in [1.165, 1.54) is 37.7 Å². The van der Waals surface area contributed by atoms with Crippen molar-refractivity contribution in [1.82, 2.24) is 0 Å². The standard InChI is InChI=1S/C22H30FN/c1-3-4-5-7-10-18(2)15-20-16-21(23)13-14-22(20)24-17-19-11-8-6-9-12-19/h6,8-9,11-14,16,18,24H,3-5,7,10,15,17H2,1-2H3/t18-/m0/s1. The Morgan fingerprint density at radius 3 is 2.54 bits per heavy atom. The predicted molar refractivity (Wildman–Crippen MR) is 102 cm³/mol. The third-order valence-corrected chi connectivity index (χ3v) is 4.51. The van der Waals surface area contributed by atoms with E-state index in [1.807, 2.05) is 24.3 Å². The van der Waals surface area contributed by atoms with Gasteiger partial charge in [0.15, 0.2) is 0 Å². The Balaban J connectivity index is 1.94. The highest BCUT2D eigenvalue weighted by molar-refractivity contribution is 5.52. The fourth-order valence-corrected chi connectivity index (χ4v) is 3.09. The van der Waals surface area contributed by atoms with Crippen LogP contribution in [0.2, 0.25) is 0 Å². The zero-order valence-electron chi connectivity index (χ0n) is 15.0. The van der Waals surface area contributed by atoms with Crippen LogP contribution in [0.5, 0.6) is 0 Å². The number of benzene rings is 2. The molecule has 1 atom stereocenters. The van der Waals surface area contributed by atoms with Crippen LogP contribution in [0.1, 0.15) is 57.1 Å². The van der Waals surface area contributed by atoms with Crippen molar-refractivity contribution < 1.29 is 4.39 Å². The fourth-order valence-electron chi connectivity index (χ4n) is 3.09. The van der Waals surface area contributed by atoms with Crippen LogP contribution in [0.4, 0.5) is 10.1 Å². The van der Waals surface area contributed by atoms with Gasteiger partial charge in [-0.25, -0.2) is 4.39 Å². The highest BCUT2D eigenvalue weighted by Crippen LogP contribution is 2.24. The fraction of sp³-hybridized carbons (Fsp3) is 0.455. The van der Waals surface area contributed by atoms with Crippen molar-refractivity contribution in [3.63, 3.8) is 0 Å². The summed E-state index contributed by atoms with van der Waals surface area (Å²) in [6.07, 6.45) is 7.32. The molecule has 2 rings (SSSR count). The van der Waals surface area contributed by atoms with Crippen molar-refractivity contribution in [2.24, 2.45) is 5.92 Å². The van der Waals surface area contributed by atoms with Gasteiger partial charge in [-0.1, -0.05) is 76.3 Å². The third kappa shape index (κ3) is 6.35. The maximum Gasteiger partial charge on any atom is 0.123 e. The molecular weight excluding hydrogens is 297 g/mol. The van der Waals surface area contributed by atoms with Crippen LogP contribution in [0.15, 0.2) is 48.5 Å². The van der Waals surface area contributed by atoms with E-state index in [0.717, 1.165) is 24.2 Å². The molecular formula is C22H30FN. The minimum absolute atomic E-state index is 0.145. The molecule has 0 amide bonds. The van der Waals surface area contributed by atoms with Gasteiger partial charge in [-0.2, -0.15) is 0 Å². The van der Waals surface area contributed by atoms with E-state index in [4.69, 9.17) is 0 Å². The quantitative estimate of drug-likeness (QED) is 0.486. The molecule has 2 aromatic rings. The normalized spacial score (nSPS) is 12.1. The third-order valence-electron chi connectivity index (χ3n) is 4.51. The van der Waals surface area contributed by atoms with E-state index in [-0.39, 0.29) is 5.82 Å². The van der Waals surface area contributed by atoms with Crippen molar-refractivity contribution in [3.05, 3.63) is 65.5 Å². The number of nitrogens with one attached hydrogen (secondary N) is 1. The molecule has 0 aliphatic rings. The smallest absolute Gasteiger partial charge is 0.123 e. The van der Waals surface area contributed by atoms with Crippen molar-refractivity contribution >= 4 is 5.69 Å². The molecule has 0 aliphatic heterocycles. The summed E-state index contributed by atoms with van der Waals surface area (Å²) in [7, 11) is 0. The molecule has 0 aromatic heterocycles. The summed E-state index contributed by atoms with van der Waals surface area (Å²) in [6, 6.07) is 15.4. The number of unbranched alkanes of at least 4 members (excludes halogenated alkanes) is 3. The van der Waals surface area contributed by atoms with Gasteiger partial charge in [0, 0.05) is 12.2 Å². The highest BCUT2D eigenvalue weighted by atomic mass is 19.1. The predicted octanol–water partition coefficient (Wildman–Crippen LogP) is 6.59. The lowest BCUT2D eigenvalue weighted by atomic mass is 9.94. The van der Waals surface area contributed by atoms with Crippen molar-refractivity contribution in [1.29, 1.82) is 0 Å². The Morgan fingerprint density at radius 1 is 1.00 bits per heavy atom. The van der Waals surface area contributed by atoms with Crippen LogP contribution in [0.25, 0.3) is 0 Å². The Kier molecular flexibility index (Phi) is 7.81. The second-order valence-electron chi connectivity index (χ2n) is 6.80. The van der Waals surface area contributed by atoms with Crippen LogP contribution in [0.3, 0.4) is 0 Å². The Bertz CT molecular complexity index is 594. The Hall–Kier alpha value is -1.83. The minimum Gasteiger partial charge on any atom is -0.381 e. The van der Waals surface area contributed by atoms with Gasteiger partial charge in [-0.15, -0.1) is 0 Å². The van der Waals surface area contributed by atoms with Crippen molar-refractivity contribution in [3.8, 4) is 0 Å². The first-order valence-electron chi connectivity index (χ1n) is 9.25. The molecule has 1 N–H and O–H groups in total. The van der Waals surface area contributed by atoms with Gasteiger partial charge >= 0.3 is 0 Å². The largest absolute Gasteiger partial charge is 0.381 e. The first-order chi connectivity index (χ1) is 11.7. The molecule has 0 saturated heterocycles. The maximum atomic E-state index is 13.7. The SMILES string of the molecule is CCCCCC[C@H](C)Cc1cc(F)ccc1NCc1ccccc1. The second kappa shape index (κ2) is 10.1. The van der Waals surface area contributed by atoms with E-state index < -0.39 is 0 Å². The van der Waals surface area contributed by atoms with E-state index >= 15 is 0 Å². The van der Waals surface area contributed by atoms with Gasteiger partial charge < -0.3 is 5.32 Å². The minimum atomic E-state index is -0.145. The van der Waals surface area contributed by atoms with E-state index in [0.29, 0.717) is 5.92 Å². The number of hydrogen-bond acceptors (Lipinski definition) is 1. The summed E-state index contributed by atoms with van der Waals surface area (Å²) in [6.45, 7) is 5.28. The number of halogens is 1. The lowest BCUT2D eigenvalue weighted by Gasteiger charge is -2.16. The first kappa shape index (κ1) is 18.5. The lowest BCUT2D eigenvalue weighted by molar-refractivity contribution is 0.486. The topological polar surface area (TPSA) is 12.0 Å². The van der Waals surface area contributed by atoms with Gasteiger partial charge in [-0.3, -0.25) is 0 Å². The van der Waals surface area contributed by atoms with Crippen LogP contribution < -0.4 is 5.32 Å². The average Bonchev–Trinajstić information content (AvgIpc) is 2.59. The molecule has 0 spiro atoms. The van der Waals surface area contributed by atoms with Crippen LogP contribution >= 0.6 is 0 Å². The Morgan fingerprint density at radius 2 is 1.79 bits per heavy atom. The van der Waals surface area contributed by atoms with E-state index in [2.05, 4.69) is 31.3 Å². The van der Waals surface area contributed by atoms with Crippen LogP contribution in [-0.2, 0) is 13.0 Å². The molecule has 130 valence electrons. The monoisotopic (exact) mass is 327 g/mol. The molecule has 0 bridgehead atoms. The van der Waals surface area contributed by atoms with Gasteiger partial charge in [0.2, 0.25) is 0 Å². The zero-order valence-corrected chi connectivity index (χ0v) is 15.0. The van der Waals surface area contributed by atoms with Crippen LogP contribution in [-0.4, -0.2) is 0 Å². The number of rotatable bonds is 10. The Labute approximate surface area is 146 Å². The van der Waals surface area contributed by atoms with Crippen molar-refractivity contribution in [2.75, 3.05) is 5.32 Å². The summed E-state index contributed by atoms with van der Waals surface area (Å²) in [4.78, 5) is 0. The summed E-state index contributed by atoms with van der Waals surface area (Å²) in [5.74, 6) is 0.439. The molecule has 2 aromatic carbocycles. The molecule has 0 saturated carbocycles. The molecule has 0 aliphatic carbocycles. The van der Waals surface area contributed by atoms with Gasteiger partial charge in [0.1, 0.15) is 5.82 Å². The summed E-state index contributed by atoms with van der Waals surface area (Å²) in [5.41, 5.74) is 3.38. The van der Waals surface area contributed by atoms with Crippen molar-refractivity contribution in [2.45, 2.75) is 58.9 Å². The molecule has 24 heavy (non-hydrogen) atoms. The first-order valence-corrected chi connectivity index (χ1v) is 9.25. The molecule has 0 unspecified atom stereocenters. The number of anilines is 1. The van der Waals surface area contributed by atoms with E-state index in [9.17, 15) is 4.39 Å². The second-order valence-corrected chi connectivity index (χ2v) is 6.80. The van der Waals surface area contributed by atoms with Gasteiger partial charge in [0.25, 0.3) is 0 Å². The van der Waals surface area contributed by atoms with E-state index in [1.54, 1.807) is 12.1 Å². The molecule has 0 radical (unpaired) electrons. The number of hydrogen-bond donors (Lipinski definition) is 1. The average molecular weight is 327 g/mol. The molecule has 0 fully saturated rings. The molecule has 2 heteroatoms. The zero-order chi connectivity index (χ0) is 17.2. The molecule has 1 nitrogen and oxygen atoms in total.